The van der Waals surface area contributed by atoms with Crippen molar-refractivity contribution < 1.29 is 9.18 Å². The molecule has 0 saturated carbocycles. The molecule has 0 aromatic carbocycles. The zero-order valence-corrected chi connectivity index (χ0v) is 21.5. The van der Waals surface area contributed by atoms with E-state index < -0.39 is 5.82 Å². The minimum Gasteiger partial charge on any atom is -0.350 e. The summed E-state index contributed by atoms with van der Waals surface area (Å²) in [4.78, 5) is 39.2. The molecule has 11 heteroatoms. The van der Waals surface area contributed by atoms with Gasteiger partial charge in [-0.15, -0.1) is 11.3 Å². The number of fused-ring (bicyclic) bond motifs is 2. The number of hydrogen-bond acceptors (Lipinski definition) is 9. The summed E-state index contributed by atoms with van der Waals surface area (Å²) >= 11 is 1.36. The lowest BCUT2D eigenvalue weighted by atomic mass is 10.0. The number of carbonyl (C=O) groups is 1. The number of aromatic nitrogens is 5. The van der Waals surface area contributed by atoms with Gasteiger partial charge in [0.1, 0.15) is 35.2 Å². The van der Waals surface area contributed by atoms with Gasteiger partial charge in [-0.05, 0) is 43.3 Å². The Bertz CT molecular complexity index is 1720. The number of ketones is 1. The Kier molecular flexibility index (Phi) is 6.22. The lowest BCUT2D eigenvalue weighted by Gasteiger charge is -2.18. The van der Waals surface area contributed by atoms with Crippen molar-refractivity contribution in [3.63, 3.8) is 0 Å². The number of nitrogens with one attached hydrogen (secondary N) is 3. The number of anilines is 1. The highest BCUT2D eigenvalue weighted by Crippen LogP contribution is 2.34. The van der Waals surface area contributed by atoms with Gasteiger partial charge < -0.3 is 15.6 Å². The molecule has 6 rings (SSSR count). The summed E-state index contributed by atoms with van der Waals surface area (Å²) in [6.45, 7) is 5.26. The molecule has 0 fully saturated rings. The van der Waals surface area contributed by atoms with E-state index in [1.165, 1.54) is 24.5 Å². The van der Waals surface area contributed by atoms with Crippen LogP contribution in [0, 0.1) is 5.82 Å². The van der Waals surface area contributed by atoms with Crippen LogP contribution < -0.4 is 10.6 Å². The fourth-order valence-corrected chi connectivity index (χ4v) is 5.29. The van der Waals surface area contributed by atoms with Crippen LogP contribution in [0.3, 0.4) is 0 Å². The first kappa shape index (κ1) is 24.0. The van der Waals surface area contributed by atoms with E-state index in [1.54, 1.807) is 24.7 Å². The number of Topliss-reactive ketones (excluding diaryl/α,β-unsaturated/α-hetero) is 1. The summed E-state index contributed by atoms with van der Waals surface area (Å²) in [5.74, 6) is 0.359. The third-order valence-electron chi connectivity index (χ3n) is 6.23. The van der Waals surface area contributed by atoms with Gasteiger partial charge in [0.05, 0.1) is 20.8 Å². The molecular weight excluding hydrogens is 503 g/mol. The molecule has 0 spiro atoms. The molecular formula is C27H23FN8OS. The lowest BCUT2D eigenvalue weighted by molar-refractivity contribution is 0.102. The van der Waals surface area contributed by atoms with Gasteiger partial charge in [-0.25, -0.2) is 14.4 Å². The number of aromatic amines is 1. The molecule has 3 N–H and O–H groups in total. The maximum absolute atomic E-state index is 16.1. The van der Waals surface area contributed by atoms with E-state index in [-0.39, 0.29) is 18.0 Å². The van der Waals surface area contributed by atoms with E-state index in [9.17, 15) is 4.79 Å². The van der Waals surface area contributed by atoms with Gasteiger partial charge >= 0.3 is 0 Å². The molecule has 5 aromatic heterocycles. The van der Waals surface area contributed by atoms with E-state index in [4.69, 9.17) is 4.98 Å². The summed E-state index contributed by atoms with van der Waals surface area (Å²) in [7, 11) is 0. The van der Waals surface area contributed by atoms with Crippen molar-refractivity contribution in [3.8, 4) is 21.7 Å². The molecule has 5 aromatic rings. The van der Waals surface area contributed by atoms with Crippen molar-refractivity contribution in [3.05, 3.63) is 76.7 Å². The normalized spacial score (nSPS) is 12.8. The largest absolute Gasteiger partial charge is 0.350 e. The Hall–Kier alpha value is -4.35. The Morgan fingerprint density at radius 1 is 1.18 bits per heavy atom. The van der Waals surface area contributed by atoms with Crippen molar-refractivity contribution in [2.24, 2.45) is 4.99 Å². The molecule has 0 radical (unpaired) electrons. The highest BCUT2D eigenvalue weighted by Gasteiger charge is 2.27. The molecule has 6 heterocycles. The number of imidazole rings is 1. The van der Waals surface area contributed by atoms with Crippen molar-refractivity contribution in [2.75, 3.05) is 18.5 Å². The highest BCUT2D eigenvalue weighted by atomic mass is 32.1. The predicted octanol–water partition coefficient (Wildman–Crippen LogP) is 4.82. The second-order valence-electron chi connectivity index (χ2n) is 8.77. The van der Waals surface area contributed by atoms with Gasteiger partial charge in [-0.3, -0.25) is 19.8 Å². The SMILES string of the molecule is CCNCc1cncc(-c2cnc3c(c2F)C(c2nc4c(-c5ccc(C(C)=O)s5)nccc4[nH]2)=NCN3)c1. The molecule has 0 amide bonds. The van der Waals surface area contributed by atoms with Gasteiger partial charge in [0, 0.05) is 42.5 Å². The van der Waals surface area contributed by atoms with Crippen molar-refractivity contribution in [1.29, 1.82) is 0 Å². The number of rotatable bonds is 7. The van der Waals surface area contributed by atoms with E-state index in [0.717, 1.165) is 22.5 Å². The Balaban J connectivity index is 1.43. The van der Waals surface area contributed by atoms with Gasteiger partial charge in [0.2, 0.25) is 0 Å². The van der Waals surface area contributed by atoms with Gasteiger partial charge in [0.25, 0.3) is 0 Å². The minimum atomic E-state index is -0.452. The number of halogens is 1. The number of carbonyl (C=O) groups excluding carboxylic acids is 1. The predicted molar refractivity (Wildman–Crippen MR) is 146 cm³/mol. The molecule has 190 valence electrons. The summed E-state index contributed by atoms with van der Waals surface area (Å²) < 4.78 is 16.1. The standard InChI is InChI=1S/C27H23FN8OS/c1-3-29-9-15-8-16(11-30-10-15)17-12-32-26-21(22(17)28)25(33-13-34-26)27-35-18-6-7-31-24(23(18)36-27)20-5-4-19(38-20)14(2)37/h4-8,10-12,29H,3,9,13H2,1-2H3,(H,32,34)(H,35,36). The van der Waals surface area contributed by atoms with Crippen LogP contribution in [0.2, 0.25) is 0 Å². The topological polar surface area (TPSA) is 121 Å². The number of aliphatic imine (C=N–C) groups is 1. The Labute approximate surface area is 221 Å². The molecule has 0 aliphatic carbocycles. The van der Waals surface area contributed by atoms with Crippen LogP contribution in [0.4, 0.5) is 10.2 Å². The average Bonchev–Trinajstić information content (AvgIpc) is 3.60. The van der Waals surface area contributed by atoms with Crippen molar-refractivity contribution in [1.82, 2.24) is 30.2 Å². The number of thiophene rings is 1. The summed E-state index contributed by atoms with van der Waals surface area (Å²) in [6, 6.07) is 7.37. The Morgan fingerprint density at radius 2 is 2.08 bits per heavy atom. The van der Waals surface area contributed by atoms with Gasteiger partial charge in [-0.1, -0.05) is 6.92 Å². The summed E-state index contributed by atoms with van der Waals surface area (Å²) in [5.41, 5.74) is 4.53. The zero-order valence-electron chi connectivity index (χ0n) is 20.7. The smallest absolute Gasteiger partial charge is 0.169 e. The number of hydrogen-bond donors (Lipinski definition) is 3. The summed E-state index contributed by atoms with van der Waals surface area (Å²) in [6.07, 6.45) is 6.59. The van der Waals surface area contributed by atoms with Gasteiger partial charge in [0.15, 0.2) is 11.6 Å². The number of H-pyrrole nitrogens is 1. The minimum absolute atomic E-state index is 0.00190. The van der Waals surface area contributed by atoms with E-state index in [1.807, 2.05) is 25.1 Å². The first-order chi connectivity index (χ1) is 18.5. The van der Waals surface area contributed by atoms with Crippen LogP contribution in [0.1, 0.15) is 40.5 Å². The second-order valence-corrected chi connectivity index (χ2v) is 9.86. The van der Waals surface area contributed by atoms with Crippen LogP contribution in [0.5, 0.6) is 0 Å². The maximum atomic E-state index is 16.1. The molecule has 9 nitrogen and oxygen atoms in total. The van der Waals surface area contributed by atoms with Gasteiger partial charge in [-0.2, -0.15) is 0 Å². The fraction of sp³-hybridized carbons (Fsp3) is 0.185. The molecule has 38 heavy (non-hydrogen) atoms. The molecule has 1 aliphatic rings. The van der Waals surface area contributed by atoms with Crippen LogP contribution in [0.25, 0.3) is 32.7 Å². The van der Waals surface area contributed by atoms with Crippen molar-refractivity contribution >= 4 is 39.7 Å². The maximum Gasteiger partial charge on any atom is 0.169 e. The van der Waals surface area contributed by atoms with Crippen LogP contribution >= 0.6 is 11.3 Å². The highest BCUT2D eigenvalue weighted by molar-refractivity contribution is 7.17. The second kappa shape index (κ2) is 9.84. The molecule has 1 aliphatic heterocycles. The first-order valence-corrected chi connectivity index (χ1v) is 12.9. The van der Waals surface area contributed by atoms with Crippen LogP contribution in [-0.2, 0) is 6.54 Å². The first-order valence-electron chi connectivity index (χ1n) is 12.1. The van der Waals surface area contributed by atoms with Crippen molar-refractivity contribution in [2.45, 2.75) is 20.4 Å². The molecule has 0 unspecified atom stereocenters. The molecule has 0 bridgehead atoms. The van der Waals surface area contributed by atoms with Crippen LogP contribution in [0.15, 0.2) is 54.0 Å². The third kappa shape index (κ3) is 4.25. The number of nitrogens with zero attached hydrogens (tertiary/aromatic N) is 5. The van der Waals surface area contributed by atoms with E-state index in [0.29, 0.717) is 51.1 Å². The van der Waals surface area contributed by atoms with Crippen LogP contribution in [-0.4, -0.2) is 49.6 Å². The quantitative estimate of drug-likeness (QED) is 0.260. The Morgan fingerprint density at radius 3 is 2.89 bits per heavy atom. The third-order valence-corrected chi connectivity index (χ3v) is 7.43. The van der Waals surface area contributed by atoms with E-state index in [2.05, 4.69) is 35.6 Å². The summed E-state index contributed by atoms with van der Waals surface area (Å²) in [5, 5.41) is 6.32. The van der Waals surface area contributed by atoms with E-state index >= 15 is 4.39 Å². The average molecular weight is 527 g/mol. The number of pyridine rings is 3. The molecule has 0 atom stereocenters. The zero-order chi connectivity index (χ0) is 26.2. The monoisotopic (exact) mass is 526 g/mol. The molecule has 0 saturated heterocycles. The fourth-order valence-electron chi connectivity index (χ4n) is 4.39. The lowest BCUT2D eigenvalue weighted by Crippen LogP contribution is -2.21.